The van der Waals surface area contributed by atoms with Crippen molar-refractivity contribution in [3.8, 4) is 11.5 Å². The van der Waals surface area contributed by atoms with E-state index in [1.54, 1.807) is 61.7 Å². The van der Waals surface area contributed by atoms with Gasteiger partial charge < -0.3 is 14.6 Å². The topological polar surface area (TPSA) is 80.2 Å². The third-order valence-corrected chi connectivity index (χ3v) is 7.34. The molecule has 0 saturated carbocycles. The lowest BCUT2D eigenvalue weighted by molar-refractivity contribution is -0.136. The summed E-state index contributed by atoms with van der Waals surface area (Å²) in [4.78, 5) is 13.3. The summed E-state index contributed by atoms with van der Waals surface area (Å²) in [7, 11) is 1.58. The number of aliphatic hydroxyl groups is 1. The normalized spacial score (nSPS) is 11.5. The molecule has 0 bridgehead atoms. The lowest BCUT2D eigenvalue weighted by atomic mass is 9.85. The average molecular weight is 642 g/mol. The quantitative estimate of drug-likeness (QED) is 0.111. The van der Waals surface area contributed by atoms with Gasteiger partial charge in [-0.1, -0.05) is 97.1 Å². The molecule has 0 fully saturated rings. The maximum atomic E-state index is 13.3. The van der Waals surface area contributed by atoms with Gasteiger partial charge >= 0.3 is 0 Å². The second-order valence-electron chi connectivity index (χ2n) is 9.15. The summed E-state index contributed by atoms with van der Waals surface area (Å²) in [6, 6.07) is 35.7. The molecule has 0 radical (unpaired) electrons. The van der Waals surface area contributed by atoms with E-state index in [1.807, 2.05) is 30.3 Å². The highest BCUT2D eigenvalue weighted by Gasteiger charge is 2.39. The molecule has 6 nitrogen and oxygen atoms in total. The number of nitrogens with zero attached hydrogens (tertiary/aromatic N) is 1. The van der Waals surface area contributed by atoms with E-state index in [2.05, 4.69) is 63.4 Å². The van der Waals surface area contributed by atoms with Gasteiger partial charge in [0.25, 0.3) is 5.91 Å². The molecule has 2 N–H and O–H groups in total. The van der Waals surface area contributed by atoms with Crippen LogP contribution in [-0.2, 0) is 17.0 Å². The Morgan fingerprint density at radius 3 is 2.15 bits per heavy atom. The van der Waals surface area contributed by atoms with E-state index in [0.29, 0.717) is 34.8 Å². The Kier molecular flexibility index (Phi) is 8.42. The standard InChI is InChI=1S/C33H27IN2O4/c1-39-30-20-24(19-29(34)31(30)40-22-23-16-17-25-10-8-9-11-26(25)18-23)21-35-36-32(37)33(38,27-12-4-2-5-13-27)28-14-6-3-7-15-28/h2-21,38H,22H2,1H3,(H,36,37)/b35-21-. The molecular weight excluding hydrogens is 615 g/mol. The summed E-state index contributed by atoms with van der Waals surface area (Å²) < 4.78 is 12.6. The molecule has 7 heteroatoms. The molecule has 5 rings (SSSR count). The van der Waals surface area contributed by atoms with Gasteiger partial charge in [-0.15, -0.1) is 0 Å². The van der Waals surface area contributed by atoms with Crippen LogP contribution in [0.15, 0.2) is 120 Å². The van der Waals surface area contributed by atoms with E-state index in [9.17, 15) is 9.90 Å². The lowest BCUT2D eigenvalue weighted by Gasteiger charge is -2.27. The number of hydrogen-bond acceptors (Lipinski definition) is 5. The van der Waals surface area contributed by atoms with E-state index in [1.165, 1.54) is 11.6 Å². The van der Waals surface area contributed by atoms with Crippen LogP contribution in [0.4, 0.5) is 0 Å². The van der Waals surface area contributed by atoms with E-state index >= 15 is 0 Å². The fourth-order valence-corrected chi connectivity index (χ4v) is 5.25. The smallest absolute Gasteiger partial charge is 0.281 e. The van der Waals surface area contributed by atoms with Crippen LogP contribution >= 0.6 is 22.6 Å². The fourth-order valence-electron chi connectivity index (χ4n) is 4.47. The molecule has 0 aliphatic heterocycles. The van der Waals surface area contributed by atoms with Crippen LogP contribution in [-0.4, -0.2) is 24.3 Å². The van der Waals surface area contributed by atoms with Gasteiger partial charge in [0.15, 0.2) is 17.1 Å². The van der Waals surface area contributed by atoms with Crippen molar-refractivity contribution in [1.29, 1.82) is 0 Å². The molecule has 0 aliphatic carbocycles. The minimum atomic E-state index is -1.91. The lowest BCUT2D eigenvalue weighted by Crippen LogP contribution is -2.43. The van der Waals surface area contributed by atoms with E-state index < -0.39 is 11.5 Å². The van der Waals surface area contributed by atoms with Crippen LogP contribution in [0.5, 0.6) is 11.5 Å². The maximum absolute atomic E-state index is 13.3. The van der Waals surface area contributed by atoms with E-state index in [4.69, 9.17) is 9.47 Å². The first-order chi connectivity index (χ1) is 19.5. The number of methoxy groups -OCH3 is 1. The zero-order valence-electron chi connectivity index (χ0n) is 21.8. The highest BCUT2D eigenvalue weighted by atomic mass is 127. The van der Waals surface area contributed by atoms with Gasteiger partial charge in [-0.25, -0.2) is 5.43 Å². The zero-order valence-corrected chi connectivity index (χ0v) is 23.9. The van der Waals surface area contributed by atoms with Crippen molar-refractivity contribution in [2.24, 2.45) is 5.10 Å². The molecular formula is C33H27IN2O4. The van der Waals surface area contributed by atoms with Gasteiger partial charge in [-0.3, -0.25) is 4.79 Å². The van der Waals surface area contributed by atoms with E-state index in [0.717, 1.165) is 14.5 Å². The Hall–Kier alpha value is -4.21. The summed E-state index contributed by atoms with van der Waals surface area (Å²) in [5, 5.41) is 18.1. The van der Waals surface area contributed by atoms with Gasteiger partial charge in [0.05, 0.1) is 16.9 Å². The predicted molar refractivity (Wildman–Crippen MR) is 166 cm³/mol. The van der Waals surface area contributed by atoms with Crippen molar-refractivity contribution in [2.75, 3.05) is 7.11 Å². The van der Waals surface area contributed by atoms with Crippen LogP contribution in [0, 0.1) is 3.57 Å². The highest BCUT2D eigenvalue weighted by molar-refractivity contribution is 14.1. The Morgan fingerprint density at radius 1 is 0.875 bits per heavy atom. The Balaban J connectivity index is 1.32. The van der Waals surface area contributed by atoms with Crippen molar-refractivity contribution >= 4 is 45.5 Å². The van der Waals surface area contributed by atoms with Crippen molar-refractivity contribution in [1.82, 2.24) is 5.43 Å². The molecule has 0 heterocycles. The number of amides is 1. The Morgan fingerprint density at radius 2 is 1.50 bits per heavy atom. The molecule has 0 spiro atoms. The van der Waals surface area contributed by atoms with Gasteiger partial charge in [0, 0.05) is 0 Å². The van der Waals surface area contributed by atoms with Gasteiger partial charge in [-0.05, 0) is 73.8 Å². The van der Waals surface area contributed by atoms with Crippen molar-refractivity contribution in [2.45, 2.75) is 12.2 Å². The number of carbonyl (C=O) groups is 1. The summed E-state index contributed by atoms with van der Waals surface area (Å²) in [6.45, 7) is 0.387. The number of fused-ring (bicyclic) bond motifs is 1. The molecule has 0 unspecified atom stereocenters. The summed E-state index contributed by atoms with van der Waals surface area (Å²) in [5.41, 5.74) is 3.23. The largest absolute Gasteiger partial charge is 0.493 e. The van der Waals surface area contributed by atoms with Crippen molar-refractivity contribution in [3.05, 3.63) is 141 Å². The number of rotatable bonds is 9. The maximum Gasteiger partial charge on any atom is 0.281 e. The van der Waals surface area contributed by atoms with Crippen LogP contribution in [0.1, 0.15) is 22.3 Å². The Bertz CT molecular complexity index is 1620. The first-order valence-electron chi connectivity index (χ1n) is 12.6. The summed E-state index contributed by atoms with van der Waals surface area (Å²) in [5.74, 6) is 0.503. The third-order valence-electron chi connectivity index (χ3n) is 6.54. The molecule has 5 aromatic rings. The minimum absolute atomic E-state index is 0.387. The average Bonchev–Trinajstić information content (AvgIpc) is 3.00. The van der Waals surface area contributed by atoms with Crippen molar-refractivity contribution in [3.63, 3.8) is 0 Å². The molecule has 5 aromatic carbocycles. The minimum Gasteiger partial charge on any atom is -0.493 e. The van der Waals surface area contributed by atoms with E-state index in [-0.39, 0.29) is 0 Å². The number of carbonyl (C=O) groups excluding carboxylic acids is 1. The molecule has 200 valence electrons. The molecule has 0 atom stereocenters. The van der Waals surface area contributed by atoms with Crippen LogP contribution < -0.4 is 14.9 Å². The number of hydrazone groups is 1. The van der Waals surface area contributed by atoms with Gasteiger partial charge in [0.1, 0.15) is 6.61 Å². The van der Waals surface area contributed by atoms with Crippen LogP contribution in [0.3, 0.4) is 0 Å². The molecule has 40 heavy (non-hydrogen) atoms. The van der Waals surface area contributed by atoms with Gasteiger partial charge in [-0.2, -0.15) is 5.10 Å². The molecule has 0 aliphatic rings. The molecule has 0 aromatic heterocycles. The first-order valence-corrected chi connectivity index (χ1v) is 13.7. The Labute approximate surface area is 246 Å². The predicted octanol–water partition coefficient (Wildman–Crippen LogP) is 6.42. The van der Waals surface area contributed by atoms with Crippen molar-refractivity contribution < 1.29 is 19.4 Å². The SMILES string of the molecule is COc1cc(/C=N\NC(=O)C(O)(c2ccccc2)c2ccccc2)cc(I)c1OCc1ccc2ccccc2c1. The number of nitrogens with one attached hydrogen (secondary N) is 1. The number of ether oxygens (including phenoxy) is 2. The van der Waals surface area contributed by atoms with Crippen LogP contribution in [0.25, 0.3) is 10.8 Å². The van der Waals surface area contributed by atoms with Gasteiger partial charge in [0.2, 0.25) is 0 Å². The van der Waals surface area contributed by atoms with Crippen LogP contribution in [0.2, 0.25) is 0 Å². The summed E-state index contributed by atoms with van der Waals surface area (Å²) >= 11 is 2.19. The summed E-state index contributed by atoms with van der Waals surface area (Å²) in [6.07, 6.45) is 1.51. The second-order valence-corrected chi connectivity index (χ2v) is 10.3. The third kappa shape index (κ3) is 5.85. The molecule has 1 amide bonds. The number of benzene rings is 5. The zero-order chi connectivity index (χ0) is 28.0. The highest BCUT2D eigenvalue weighted by Crippen LogP contribution is 2.34. The molecule has 0 saturated heterocycles. The monoisotopic (exact) mass is 642 g/mol. The first kappa shape index (κ1) is 27.4. The number of hydrogen-bond donors (Lipinski definition) is 2. The fraction of sp³-hybridized carbons (Fsp3) is 0.0909. The number of halogens is 1. The second kappa shape index (κ2) is 12.3.